The second-order valence-electron chi connectivity index (χ2n) is 8.06. The molecule has 0 radical (unpaired) electrons. The van der Waals surface area contributed by atoms with Gasteiger partial charge in [-0.05, 0) is 48.6 Å². The van der Waals surface area contributed by atoms with E-state index in [9.17, 15) is 13.2 Å². The van der Waals surface area contributed by atoms with Crippen LogP contribution in [0.3, 0.4) is 0 Å². The summed E-state index contributed by atoms with van der Waals surface area (Å²) in [4.78, 5) is 16.6. The molecule has 8 nitrogen and oxygen atoms in total. The zero-order valence-electron chi connectivity index (χ0n) is 17.9. The monoisotopic (exact) mass is 454 g/mol. The van der Waals surface area contributed by atoms with Crippen molar-refractivity contribution in [2.75, 3.05) is 13.1 Å². The summed E-state index contributed by atoms with van der Waals surface area (Å²) in [6, 6.07) is 15.9. The van der Waals surface area contributed by atoms with E-state index in [1.54, 1.807) is 28.6 Å². The van der Waals surface area contributed by atoms with E-state index in [0.717, 1.165) is 18.4 Å². The van der Waals surface area contributed by atoms with Gasteiger partial charge < -0.3 is 9.84 Å². The normalized spacial score (nSPS) is 15.5. The average Bonchev–Trinajstić information content (AvgIpc) is 3.28. The number of rotatable bonds is 7. The Kier molecular flexibility index (Phi) is 6.66. The van der Waals surface area contributed by atoms with Crippen molar-refractivity contribution in [2.45, 2.75) is 37.6 Å². The summed E-state index contributed by atoms with van der Waals surface area (Å²) < 4.78 is 32.5. The molecule has 1 fully saturated rings. The summed E-state index contributed by atoms with van der Waals surface area (Å²) in [7, 11) is -3.50. The average molecular weight is 455 g/mol. The van der Waals surface area contributed by atoms with Crippen LogP contribution < -0.4 is 5.32 Å². The minimum absolute atomic E-state index is 0.124. The fourth-order valence-electron chi connectivity index (χ4n) is 3.61. The number of sulfonamides is 1. The molecule has 1 N–H and O–H groups in total. The standard InChI is InChI=1S/C23H26N4O4S/c1-17-11-13-27(14-12-17)32(29,30)20-9-7-19(8-10-20)23-25-22(31-26-23)16-24-21(28)15-18-5-3-2-4-6-18/h2-10,17H,11-16H2,1H3,(H,24,28). The van der Waals surface area contributed by atoms with E-state index in [-0.39, 0.29) is 29.7 Å². The molecule has 0 aliphatic carbocycles. The van der Waals surface area contributed by atoms with Gasteiger partial charge in [0.25, 0.3) is 0 Å². The molecule has 1 aromatic heterocycles. The van der Waals surface area contributed by atoms with Crippen LogP contribution in [0.15, 0.2) is 64.0 Å². The van der Waals surface area contributed by atoms with Crippen LogP contribution in [0, 0.1) is 5.92 Å². The SMILES string of the molecule is CC1CCN(S(=O)(=O)c2ccc(-c3noc(CNC(=O)Cc4ccccc4)n3)cc2)CC1. The Morgan fingerprint density at radius 2 is 1.78 bits per heavy atom. The summed E-state index contributed by atoms with van der Waals surface area (Å²) in [5.41, 5.74) is 1.56. The molecular formula is C23H26N4O4S. The maximum absolute atomic E-state index is 12.9. The second-order valence-corrected chi connectivity index (χ2v) is 10.00. The number of hydrogen-bond acceptors (Lipinski definition) is 6. The van der Waals surface area contributed by atoms with Crippen LogP contribution in [-0.4, -0.2) is 41.9 Å². The molecule has 32 heavy (non-hydrogen) atoms. The third-order valence-electron chi connectivity index (χ3n) is 5.61. The molecule has 1 saturated heterocycles. The summed E-state index contributed by atoms with van der Waals surface area (Å²) in [5.74, 6) is 1.03. The maximum atomic E-state index is 12.9. The van der Waals surface area contributed by atoms with Crippen LogP contribution in [0.5, 0.6) is 0 Å². The van der Waals surface area contributed by atoms with Crippen LogP contribution in [0.2, 0.25) is 0 Å². The van der Waals surface area contributed by atoms with Crippen molar-refractivity contribution >= 4 is 15.9 Å². The van der Waals surface area contributed by atoms with Crippen molar-refractivity contribution in [3.8, 4) is 11.4 Å². The molecule has 0 unspecified atom stereocenters. The van der Waals surface area contributed by atoms with E-state index in [1.165, 1.54) is 0 Å². The number of benzene rings is 2. The summed E-state index contributed by atoms with van der Waals surface area (Å²) in [5, 5.41) is 6.70. The second kappa shape index (κ2) is 9.62. The molecule has 1 aliphatic rings. The highest BCUT2D eigenvalue weighted by molar-refractivity contribution is 7.89. The van der Waals surface area contributed by atoms with Gasteiger partial charge in [0.1, 0.15) is 0 Å². The molecule has 168 valence electrons. The number of nitrogens with one attached hydrogen (secondary N) is 1. The predicted octanol–water partition coefficient (Wildman–Crippen LogP) is 3.02. The van der Waals surface area contributed by atoms with Crippen molar-refractivity contribution in [3.05, 3.63) is 66.1 Å². The molecular weight excluding hydrogens is 428 g/mol. The van der Waals surface area contributed by atoms with E-state index >= 15 is 0 Å². The molecule has 2 aromatic carbocycles. The van der Waals surface area contributed by atoms with Gasteiger partial charge in [0, 0.05) is 18.7 Å². The Morgan fingerprint density at radius 3 is 2.47 bits per heavy atom. The largest absolute Gasteiger partial charge is 0.347 e. The van der Waals surface area contributed by atoms with Gasteiger partial charge in [-0.25, -0.2) is 8.42 Å². The quantitative estimate of drug-likeness (QED) is 0.588. The Hall–Kier alpha value is -3.04. The Labute approximate surface area is 187 Å². The lowest BCUT2D eigenvalue weighted by molar-refractivity contribution is -0.120. The molecule has 3 aromatic rings. The first-order valence-corrected chi connectivity index (χ1v) is 12.1. The van der Waals surface area contributed by atoms with Crippen LogP contribution in [0.1, 0.15) is 31.2 Å². The highest BCUT2D eigenvalue weighted by Gasteiger charge is 2.28. The lowest BCUT2D eigenvalue weighted by Crippen LogP contribution is -2.37. The molecule has 2 heterocycles. The number of amides is 1. The van der Waals surface area contributed by atoms with E-state index in [4.69, 9.17) is 4.52 Å². The van der Waals surface area contributed by atoms with Crippen LogP contribution in [-0.2, 0) is 27.8 Å². The third kappa shape index (κ3) is 5.23. The molecule has 4 rings (SSSR count). The minimum atomic E-state index is -3.50. The van der Waals surface area contributed by atoms with Gasteiger partial charge in [-0.3, -0.25) is 4.79 Å². The first kappa shape index (κ1) is 22.2. The van der Waals surface area contributed by atoms with Gasteiger partial charge in [0.2, 0.25) is 27.6 Å². The topological polar surface area (TPSA) is 105 Å². The third-order valence-corrected chi connectivity index (χ3v) is 7.52. The van der Waals surface area contributed by atoms with Gasteiger partial charge in [0.15, 0.2) is 0 Å². The molecule has 9 heteroatoms. The van der Waals surface area contributed by atoms with Crippen LogP contribution in [0.25, 0.3) is 11.4 Å². The van der Waals surface area contributed by atoms with Crippen molar-refractivity contribution in [1.82, 2.24) is 19.8 Å². The van der Waals surface area contributed by atoms with E-state index in [2.05, 4.69) is 22.4 Å². The zero-order valence-corrected chi connectivity index (χ0v) is 18.7. The zero-order chi connectivity index (χ0) is 22.6. The fraction of sp³-hybridized carbons (Fsp3) is 0.348. The summed E-state index contributed by atoms with van der Waals surface area (Å²) >= 11 is 0. The van der Waals surface area contributed by atoms with Gasteiger partial charge >= 0.3 is 0 Å². The Balaban J connectivity index is 1.36. The van der Waals surface area contributed by atoms with Crippen LogP contribution >= 0.6 is 0 Å². The number of carbonyl (C=O) groups excluding carboxylic acids is 1. The van der Waals surface area contributed by atoms with E-state index < -0.39 is 10.0 Å². The smallest absolute Gasteiger partial charge is 0.246 e. The fourth-order valence-corrected chi connectivity index (χ4v) is 5.08. The first-order chi connectivity index (χ1) is 15.4. The van der Waals surface area contributed by atoms with Crippen molar-refractivity contribution in [3.63, 3.8) is 0 Å². The number of aromatic nitrogens is 2. The predicted molar refractivity (Wildman–Crippen MR) is 119 cm³/mol. The van der Waals surface area contributed by atoms with E-state index in [0.29, 0.717) is 30.4 Å². The molecule has 0 atom stereocenters. The Bertz CT molecular complexity index is 1150. The molecule has 0 bridgehead atoms. The number of carbonyl (C=O) groups is 1. The molecule has 1 amide bonds. The lowest BCUT2D eigenvalue weighted by atomic mass is 10.0. The lowest BCUT2D eigenvalue weighted by Gasteiger charge is -2.29. The highest BCUT2D eigenvalue weighted by atomic mass is 32.2. The van der Waals surface area contributed by atoms with Gasteiger partial charge in [-0.15, -0.1) is 0 Å². The minimum Gasteiger partial charge on any atom is -0.347 e. The van der Waals surface area contributed by atoms with Crippen molar-refractivity contribution in [1.29, 1.82) is 0 Å². The van der Waals surface area contributed by atoms with Crippen molar-refractivity contribution < 1.29 is 17.7 Å². The molecule has 1 aliphatic heterocycles. The van der Waals surface area contributed by atoms with E-state index in [1.807, 2.05) is 30.3 Å². The summed E-state index contributed by atoms with van der Waals surface area (Å²) in [6.07, 6.45) is 2.03. The Morgan fingerprint density at radius 1 is 1.09 bits per heavy atom. The number of piperidine rings is 1. The van der Waals surface area contributed by atoms with Gasteiger partial charge in [-0.1, -0.05) is 42.4 Å². The van der Waals surface area contributed by atoms with Crippen molar-refractivity contribution in [2.24, 2.45) is 5.92 Å². The molecule has 0 saturated carbocycles. The number of nitrogens with zero attached hydrogens (tertiary/aromatic N) is 3. The summed E-state index contributed by atoms with van der Waals surface area (Å²) in [6.45, 7) is 3.37. The highest BCUT2D eigenvalue weighted by Crippen LogP contribution is 2.25. The first-order valence-electron chi connectivity index (χ1n) is 10.7. The maximum Gasteiger partial charge on any atom is 0.246 e. The van der Waals surface area contributed by atoms with Gasteiger partial charge in [-0.2, -0.15) is 9.29 Å². The van der Waals surface area contributed by atoms with Crippen LogP contribution in [0.4, 0.5) is 0 Å². The number of hydrogen-bond donors (Lipinski definition) is 1. The van der Waals surface area contributed by atoms with Gasteiger partial charge in [0.05, 0.1) is 17.9 Å². The molecule has 0 spiro atoms.